The number of hydrogen-bond acceptors (Lipinski definition) is 5. The SMILES string of the molecule is CCOc1ccccc1[C@H]1[C@H](C(=O)C(C)(C)C)N2c3ccc(Br)cc3C=C[C@@H]2C12C(=O)c1ccccc1C2=O. The normalized spacial score (nSPS) is 22.6. The van der Waals surface area contributed by atoms with Crippen LogP contribution in [0.25, 0.3) is 6.08 Å². The maximum absolute atomic E-state index is 14.7. The minimum atomic E-state index is -1.52. The number of ether oxygens (including phenoxy) is 1. The van der Waals surface area contributed by atoms with Gasteiger partial charge in [-0.3, -0.25) is 14.4 Å². The van der Waals surface area contributed by atoms with Crippen molar-refractivity contribution < 1.29 is 19.1 Å². The minimum Gasteiger partial charge on any atom is -0.494 e. The lowest BCUT2D eigenvalue weighted by molar-refractivity contribution is -0.127. The Balaban J connectivity index is 1.72. The number of para-hydroxylation sites is 1. The van der Waals surface area contributed by atoms with Gasteiger partial charge in [0.15, 0.2) is 17.3 Å². The van der Waals surface area contributed by atoms with Gasteiger partial charge in [0, 0.05) is 38.2 Å². The van der Waals surface area contributed by atoms with Crippen molar-refractivity contribution in [1.82, 2.24) is 0 Å². The topological polar surface area (TPSA) is 63.7 Å². The Kier molecular flexibility index (Phi) is 5.96. The molecule has 3 aliphatic rings. The first-order chi connectivity index (χ1) is 18.6. The summed E-state index contributed by atoms with van der Waals surface area (Å²) in [4.78, 5) is 45.9. The number of halogens is 1. The Morgan fingerprint density at radius 3 is 2.26 bits per heavy atom. The van der Waals surface area contributed by atoms with Gasteiger partial charge >= 0.3 is 0 Å². The zero-order valence-corrected chi connectivity index (χ0v) is 24.0. The smallest absolute Gasteiger partial charge is 0.180 e. The fourth-order valence-corrected chi connectivity index (χ4v) is 7.14. The third-order valence-electron chi connectivity index (χ3n) is 8.33. The first-order valence-electron chi connectivity index (χ1n) is 13.3. The van der Waals surface area contributed by atoms with Crippen molar-refractivity contribution in [1.29, 1.82) is 0 Å². The number of fused-ring (bicyclic) bond motifs is 5. The summed E-state index contributed by atoms with van der Waals surface area (Å²) >= 11 is 3.57. The largest absolute Gasteiger partial charge is 0.494 e. The summed E-state index contributed by atoms with van der Waals surface area (Å²) in [6, 6.07) is 19.1. The van der Waals surface area contributed by atoms with Crippen LogP contribution in [0, 0.1) is 10.8 Å². The molecule has 0 amide bonds. The van der Waals surface area contributed by atoms with Crippen LogP contribution in [0.1, 0.15) is 65.5 Å². The fourth-order valence-electron chi connectivity index (χ4n) is 6.76. The predicted octanol–water partition coefficient (Wildman–Crippen LogP) is 6.90. The first-order valence-corrected chi connectivity index (χ1v) is 14.1. The summed E-state index contributed by atoms with van der Waals surface area (Å²) in [6.45, 7) is 8.02. The average molecular weight is 585 g/mol. The Labute approximate surface area is 237 Å². The number of ketones is 3. The number of benzene rings is 3. The van der Waals surface area contributed by atoms with Gasteiger partial charge in [0.1, 0.15) is 11.2 Å². The second-order valence-corrected chi connectivity index (χ2v) is 12.4. The van der Waals surface area contributed by atoms with Gasteiger partial charge in [-0.05, 0) is 36.8 Å². The van der Waals surface area contributed by atoms with Gasteiger partial charge in [-0.25, -0.2) is 0 Å². The molecule has 3 atom stereocenters. The molecule has 1 spiro atoms. The Bertz CT molecular complexity index is 1530. The molecular weight excluding hydrogens is 554 g/mol. The van der Waals surface area contributed by atoms with Crippen LogP contribution in [-0.2, 0) is 4.79 Å². The molecule has 198 valence electrons. The van der Waals surface area contributed by atoms with E-state index in [1.54, 1.807) is 24.3 Å². The maximum atomic E-state index is 14.7. The standard InChI is InChI=1S/C33H30BrNO4/c1-5-39-25-13-9-8-12-23(25)27-28(31(38)32(2,3)4)35-24-16-15-20(34)18-19(24)14-17-26(35)33(27)29(36)21-10-6-7-11-22(21)30(33)37/h6-18,26-28H,5H2,1-4H3/t26-,27+,28-/m1/s1. The highest BCUT2D eigenvalue weighted by Crippen LogP contribution is 2.62. The summed E-state index contributed by atoms with van der Waals surface area (Å²) in [5.74, 6) is -0.662. The van der Waals surface area contributed by atoms with Gasteiger partial charge in [0.05, 0.1) is 18.7 Å². The fraction of sp³-hybridized carbons (Fsp3) is 0.303. The molecule has 1 fully saturated rings. The van der Waals surface area contributed by atoms with E-state index in [0.29, 0.717) is 29.0 Å². The highest BCUT2D eigenvalue weighted by molar-refractivity contribution is 9.10. The predicted molar refractivity (Wildman–Crippen MR) is 156 cm³/mol. The minimum absolute atomic E-state index is 0.0265. The van der Waals surface area contributed by atoms with Crippen LogP contribution in [0.3, 0.4) is 0 Å². The number of anilines is 1. The second kappa shape index (κ2) is 9.02. The lowest BCUT2D eigenvalue weighted by Crippen LogP contribution is -2.49. The Morgan fingerprint density at radius 1 is 0.974 bits per heavy atom. The van der Waals surface area contributed by atoms with Gasteiger partial charge in [-0.2, -0.15) is 0 Å². The van der Waals surface area contributed by atoms with Gasteiger partial charge in [0.25, 0.3) is 0 Å². The van der Waals surface area contributed by atoms with Gasteiger partial charge in [-0.15, -0.1) is 0 Å². The van der Waals surface area contributed by atoms with Crippen LogP contribution in [0.5, 0.6) is 5.75 Å². The van der Waals surface area contributed by atoms with E-state index in [4.69, 9.17) is 4.74 Å². The molecule has 6 heteroatoms. The van der Waals surface area contributed by atoms with Crippen molar-refractivity contribution in [2.75, 3.05) is 11.5 Å². The number of carbonyl (C=O) groups excluding carboxylic acids is 3. The summed E-state index contributed by atoms with van der Waals surface area (Å²) < 4.78 is 6.99. The van der Waals surface area contributed by atoms with Crippen molar-refractivity contribution in [2.45, 2.75) is 45.7 Å². The van der Waals surface area contributed by atoms with Crippen molar-refractivity contribution in [3.05, 3.63) is 99.5 Å². The molecule has 0 saturated carbocycles. The molecule has 0 radical (unpaired) electrons. The molecule has 1 aliphatic carbocycles. The zero-order valence-electron chi connectivity index (χ0n) is 22.4. The third kappa shape index (κ3) is 3.53. The molecule has 3 aromatic rings. The Hall–Kier alpha value is -3.51. The monoisotopic (exact) mass is 583 g/mol. The van der Waals surface area contributed by atoms with Crippen molar-refractivity contribution in [2.24, 2.45) is 10.8 Å². The number of nitrogens with zero attached hydrogens (tertiary/aromatic N) is 1. The lowest BCUT2D eigenvalue weighted by atomic mass is 9.63. The van der Waals surface area contributed by atoms with Crippen LogP contribution in [0.4, 0.5) is 5.69 Å². The first kappa shape index (κ1) is 25.8. The molecule has 5 nitrogen and oxygen atoms in total. The molecule has 2 aliphatic heterocycles. The van der Waals surface area contributed by atoms with E-state index in [1.165, 1.54) is 0 Å². The van der Waals surface area contributed by atoms with Crippen LogP contribution >= 0.6 is 15.9 Å². The van der Waals surface area contributed by atoms with E-state index in [-0.39, 0.29) is 17.3 Å². The van der Waals surface area contributed by atoms with Crippen molar-refractivity contribution >= 4 is 45.0 Å². The van der Waals surface area contributed by atoms with Gasteiger partial charge in [-0.1, -0.05) is 91.3 Å². The summed E-state index contributed by atoms with van der Waals surface area (Å²) in [5, 5.41) is 0. The van der Waals surface area contributed by atoms with Gasteiger partial charge < -0.3 is 9.64 Å². The summed E-state index contributed by atoms with van der Waals surface area (Å²) in [5.41, 5.74) is 1.05. The second-order valence-electron chi connectivity index (χ2n) is 11.5. The molecule has 39 heavy (non-hydrogen) atoms. The number of Topliss-reactive ketones (excluding diaryl/α,β-unsaturated/α-hetero) is 3. The van der Waals surface area contributed by atoms with Crippen molar-refractivity contribution in [3.8, 4) is 5.75 Å². The van der Waals surface area contributed by atoms with E-state index in [2.05, 4.69) is 15.9 Å². The molecule has 0 bridgehead atoms. The van der Waals surface area contributed by atoms with E-state index in [0.717, 1.165) is 15.7 Å². The van der Waals surface area contributed by atoms with Crippen LogP contribution in [0.15, 0.2) is 77.3 Å². The van der Waals surface area contributed by atoms with E-state index in [1.807, 2.05) is 87.2 Å². The zero-order chi connectivity index (χ0) is 27.7. The van der Waals surface area contributed by atoms with Crippen LogP contribution in [0.2, 0.25) is 0 Å². The molecule has 0 aromatic heterocycles. The molecule has 0 N–H and O–H groups in total. The highest BCUT2D eigenvalue weighted by Gasteiger charge is 2.72. The molecule has 1 saturated heterocycles. The average Bonchev–Trinajstić information content (AvgIpc) is 3.34. The summed E-state index contributed by atoms with van der Waals surface area (Å²) in [7, 11) is 0. The number of rotatable bonds is 4. The number of hydrogen-bond donors (Lipinski definition) is 0. The highest BCUT2D eigenvalue weighted by atomic mass is 79.9. The van der Waals surface area contributed by atoms with E-state index < -0.39 is 28.8 Å². The van der Waals surface area contributed by atoms with Crippen molar-refractivity contribution in [3.63, 3.8) is 0 Å². The van der Waals surface area contributed by atoms with E-state index >= 15 is 0 Å². The van der Waals surface area contributed by atoms with Crippen LogP contribution in [-0.4, -0.2) is 36.0 Å². The van der Waals surface area contributed by atoms with Gasteiger partial charge in [0.2, 0.25) is 0 Å². The van der Waals surface area contributed by atoms with Crippen LogP contribution < -0.4 is 9.64 Å². The molecule has 0 unspecified atom stereocenters. The molecule has 6 rings (SSSR count). The third-order valence-corrected chi connectivity index (χ3v) is 8.82. The molecular formula is C33H30BrNO4. The quantitative estimate of drug-likeness (QED) is 0.313. The molecule has 2 heterocycles. The Morgan fingerprint density at radius 2 is 1.62 bits per heavy atom. The van der Waals surface area contributed by atoms with E-state index in [9.17, 15) is 14.4 Å². The summed E-state index contributed by atoms with van der Waals surface area (Å²) in [6.07, 6.45) is 3.92. The lowest BCUT2D eigenvalue weighted by Gasteiger charge is -2.38. The molecule has 3 aromatic carbocycles. The maximum Gasteiger partial charge on any atom is 0.180 e. The number of carbonyl (C=O) groups is 3.